The monoisotopic (exact) mass is 356 g/mol. The van der Waals surface area contributed by atoms with E-state index in [1.807, 2.05) is 37.3 Å². The fourth-order valence-corrected chi connectivity index (χ4v) is 3.96. The van der Waals surface area contributed by atoms with Crippen molar-refractivity contribution in [3.8, 4) is 0 Å². The highest BCUT2D eigenvalue weighted by Gasteiger charge is 2.47. The van der Waals surface area contributed by atoms with Gasteiger partial charge >= 0.3 is 0 Å². The molecule has 0 radical (unpaired) electrons. The molecule has 0 bridgehead atoms. The maximum atomic E-state index is 13.0. The molecule has 0 aliphatic carbocycles. The highest BCUT2D eigenvalue weighted by Crippen LogP contribution is 2.36. The Morgan fingerprint density at radius 3 is 2.81 bits per heavy atom. The van der Waals surface area contributed by atoms with Crippen molar-refractivity contribution in [2.45, 2.75) is 44.6 Å². The number of aromatic nitrogens is 1. The number of likely N-dealkylation sites (tertiary alicyclic amines) is 1. The smallest absolute Gasteiger partial charge is 0.123 e. The third-order valence-corrected chi connectivity index (χ3v) is 5.20. The minimum absolute atomic E-state index is 0.0804. The Morgan fingerprint density at radius 2 is 2.04 bits per heavy atom. The number of aryl methyl sites for hydroxylation is 1. The molecule has 138 valence electrons. The topological polar surface area (TPSA) is 34.6 Å². The third-order valence-electron chi connectivity index (χ3n) is 5.20. The molecule has 5 heteroatoms. The van der Waals surface area contributed by atoms with E-state index in [2.05, 4.69) is 9.88 Å². The minimum atomic E-state index is -0.187. The highest BCUT2D eigenvalue weighted by molar-refractivity contribution is 5.17. The standard InChI is InChI=1S/C21H25FN2O2/c1-16-3-2-4-19(23-16)13-25-20-9-10-26-21(11-20)14-24(15-21)12-17-5-7-18(22)8-6-17/h2-8,20H,9-15H2,1H3. The zero-order chi connectivity index (χ0) is 18.0. The number of nitrogens with zero attached hydrogens (tertiary/aromatic N) is 2. The molecule has 0 amide bonds. The lowest BCUT2D eigenvalue weighted by atomic mass is 9.84. The van der Waals surface area contributed by atoms with Gasteiger partial charge < -0.3 is 9.47 Å². The second-order valence-electron chi connectivity index (χ2n) is 7.50. The van der Waals surface area contributed by atoms with Crippen LogP contribution in [-0.2, 0) is 22.6 Å². The van der Waals surface area contributed by atoms with Crippen LogP contribution in [0.3, 0.4) is 0 Å². The molecule has 3 heterocycles. The summed E-state index contributed by atoms with van der Waals surface area (Å²) < 4.78 is 25.2. The Hall–Kier alpha value is -1.82. The summed E-state index contributed by atoms with van der Waals surface area (Å²) in [6, 6.07) is 12.8. The molecule has 0 N–H and O–H groups in total. The molecule has 1 aromatic heterocycles. The number of ether oxygens (including phenoxy) is 2. The molecule has 1 unspecified atom stereocenters. The fraction of sp³-hybridized carbons (Fsp3) is 0.476. The van der Waals surface area contributed by atoms with Crippen LogP contribution >= 0.6 is 0 Å². The zero-order valence-electron chi connectivity index (χ0n) is 15.2. The lowest BCUT2D eigenvalue weighted by molar-refractivity contribution is -0.200. The molecule has 2 aromatic rings. The van der Waals surface area contributed by atoms with Crippen LogP contribution in [0.2, 0.25) is 0 Å². The average molecular weight is 356 g/mol. The van der Waals surface area contributed by atoms with Gasteiger partial charge in [0.05, 0.1) is 24.0 Å². The van der Waals surface area contributed by atoms with Crippen LogP contribution in [0, 0.1) is 12.7 Å². The van der Waals surface area contributed by atoms with Crippen molar-refractivity contribution >= 4 is 0 Å². The lowest BCUT2D eigenvalue weighted by Gasteiger charge is -2.53. The van der Waals surface area contributed by atoms with Crippen LogP contribution in [-0.4, -0.2) is 41.3 Å². The summed E-state index contributed by atoms with van der Waals surface area (Å²) in [5, 5.41) is 0. The molecule has 0 saturated carbocycles. The van der Waals surface area contributed by atoms with E-state index in [-0.39, 0.29) is 17.5 Å². The van der Waals surface area contributed by atoms with Crippen LogP contribution in [0.5, 0.6) is 0 Å². The van der Waals surface area contributed by atoms with Crippen LogP contribution in [0.4, 0.5) is 4.39 Å². The van der Waals surface area contributed by atoms with Crippen molar-refractivity contribution in [2.24, 2.45) is 0 Å². The fourth-order valence-electron chi connectivity index (χ4n) is 3.96. The van der Waals surface area contributed by atoms with E-state index < -0.39 is 0 Å². The molecular formula is C21H25FN2O2. The zero-order valence-corrected chi connectivity index (χ0v) is 15.2. The highest BCUT2D eigenvalue weighted by atomic mass is 19.1. The number of pyridine rings is 1. The molecule has 2 aliphatic heterocycles. The normalized spacial score (nSPS) is 22.3. The summed E-state index contributed by atoms with van der Waals surface area (Å²) in [6.45, 7) is 5.96. The van der Waals surface area contributed by atoms with Crippen molar-refractivity contribution in [2.75, 3.05) is 19.7 Å². The van der Waals surface area contributed by atoms with Gasteiger partial charge in [0, 0.05) is 38.4 Å². The third kappa shape index (κ3) is 4.11. The van der Waals surface area contributed by atoms with Gasteiger partial charge in [0.1, 0.15) is 5.82 Å². The van der Waals surface area contributed by atoms with E-state index in [0.717, 1.165) is 56.0 Å². The summed E-state index contributed by atoms with van der Waals surface area (Å²) in [6.07, 6.45) is 2.09. The van der Waals surface area contributed by atoms with E-state index in [1.165, 1.54) is 12.1 Å². The van der Waals surface area contributed by atoms with Crippen molar-refractivity contribution in [1.82, 2.24) is 9.88 Å². The Bertz CT molecular complexity index is 744. The van der Waals surface area contributed by atoms with Gasteiger partial charge in [-0.3, -0.25) is 9.88 Å². The van der Waals surface area contributed by atoms with Gasteiger partial charge in [0.15, 0.2) is 0 Å². The number of rotatable bonds is 5. The van der Waals surface area contributed by atoms with E-state index in [9.17, 15) is 4.39 Å². The first-order valence-electron chi connectivity index (χ1n) is 9.25. The van der Waals surface area contributed by atoms with Crippen LogP contribution in [0.1, 0.15) is 29.8 Å². The molecular weight excluding hydrogens is 331 g/mol. The number of hydrogen-bond donors (Lipinski definition) is 0. The maximum absolute atomic E-state index is 13.0. The second-order valence-corrected chi connectivity index (χ2v) is 7.50. The summed E-state index contributed by atoms with van der Waals surface area (Å²) in [5.74, 6) is -0.187. The average Bonchev–Trinajstić information content (AvgIpc) is 2.61. The molecule has 2 fully saturated rings. The maximum Gasteiger partial charge on any atom is 0.123 e. The number of benzene rings is 1. The lowest BCUT2D eigenvalue weighted by Crippen LogP contribution is -2.65. The van der Waals surface area contributed by atoms with Crippen LogP contribution in [0.25, 0.3) is 0 Å². The van der Waals surface area contributed by atoms with Crippen LogP contribution in [0.15, 0.2) is 42.5 Å². The largest absolute Gasteiger partial charge is 0.372 e. The quantitative estimate of drug-likeness (QED) is 0.822. The first kappa shape index (κ1) is 17.6. The molecule has 4 nitrogen and oxygen atoms in total. The molecule has 1 spiro atoms. The minimum Gasteiger partial charge on any atom is -0.372 e. The van der Waals surface area contributed by atoms with Gasteiger partial charge in [0.25, 0.3) is 0 Å². The van der Waals surface area contributed by atoms with E-state index in [4.69, 9.17) is 9.47 Å². The second kappa shape index (κ2) is 7.43. The predicted octanol–water partition coefficient (Wildman–Crippen LogP) is 3.48. The predicted molar refractivity (Wildman–Crippen MR) is 97.1 cm³/mol. The van der Waals surface area contributed by atoms with E-state index in [1.54, 1.807) is 0 Å². The van der Waals surface area contributed by atoms with Gasteiger partial charge in [-0.05, 0) is 43.2 Å². The summed E-state index contributed by atoms with van der Waals surface area (Å²) in [4.78, 5) is 6.85. The van der Waals surface area contributed by atoms with Gasteiger partial charge in [-0.25, -0.2) is 4.39 Å². The summed E-state index contributed by atoms with van der Waals surface area (Å²) >= 11 is 0. The molecule has 2 aliphatic rings. The Kier molecular flexibility index (Phi) is 5.02. The Labute approximate surface area is 153 Å². The van der Waals surface area contributed by atoms with Crippen LogP contribution < -0.4 is 0 Å². The SMILES string of the molecule is Cc1cccc(COC2CCOC3(C2)CN(Cc2ccc(F)cc2)C3)n1. The number of halogens is 1. The van der Waals surface area contributed by atoms with Crippen molar-refractivity contribution in [1.29, 1.82) is 0 Å². The Balaban J connectivity index is 1.27. The molecule has 4 rings (SSSR count). The summed E-state index contributed by atoms with van der Waals surface area (Å²) in [7, 11) is 0. The molecule has 2 saturated heterocycles. The van der Waals surface area contributed by atoms with Gasteiger partial charge in [-0.2, -0.15) is 0 Å². The van der Waals surface area contributed by atoms with Gasteiger partial charge in [0.2, 0.25) is 0 Å². The Morgan fingerprint density at radius 1 is 1.23 bits per heavy atom. The van der Waals surface area contributed by atoms with E-state index >= 15 is 0 Å². The van der Waals surface area contributed by atoms with E-state index in [0.29, 0.717) is 6.61 Å². The van der Waals surface area contributed by atoms with Crippen molar-refractivity contribution in [3.63, 3.8) is 0 Å². The van der Waals surface area contributed by atoms with Gasteiger partial charge in [-0.1, -0.05) is 18.2 Å². The van der Waals surface area contributed by atoms with Crippen molar-refractivity contribution < 1.29 is 13.9 Å². The van der Waals surface area contributed by atoms with Crippen molar-refractivity contribution in [3.05, 3.63) is 65.2 Å². The first-order chi connectivity index (χ1) is 12.6. The first-order valence-corrected chi connectivity index (χ1v) is 9.25. The van der Waals surface area contributed by atoms with Gasteiger partial charge in [-0.15, -0.1) is 0 Å². The molecule has 26 heavy (non-hydrogen) atoms. The summed E-state index contributed by atoms with van der Waals surface area (Å²) in [5.41, 5.74) is 3.06. The number of hydrogen-bond acceptors (Lipinski definition) is 4. The molecule has 1 atom stereocenters. The molecule has 1 aromatic carbocycles.